The molecule has 1 aliphatic heterocycles. The molecule has 3 heterocycles. The van der Waals surface area contributed by atoms with Crippen molar-refractivity contribution in [1.82, 2.24) is 15.0 Å². The molecular weight excluding hydrogens is 292 g/mol. The first-order valence-corrected chi connectivity index (χ1v) is 7.13. The number of benzene rings is 1. The smallest absolute Gasteiger partial charge is 0.240 e. The van der Waals surface area contributed by atoms with E-state index in [0.29, 0.717) is 24.0 Å². The number of ether oxygens (including phenoxy) is 1. The van der Waals surface area contributed by atoms with Crippen molar-refractivity contribution in [2.24, 2.45) is 0 Å². The van der Waals surface area contributed by atoms with Crippen molar-refractivity contribution in [3.63, 3.8) is 0 Å². The number of carbonyl (C=O) groups excluding carboxylic acids is 1. The standard InChI is InChI=1S/C17H12N4O2/c22-16-10-12-4-1-2-6-14(12)21(16)17-19-9-7-15(20-17)23-13-5-3-8-18-11-13/h1-9,11H,10H2. The second kappa shape index (κ2) is 5.49. The van der Waals surface area contributed by atoms with Crippen molar-refractivity contribution in [1.29, 1.82) is 0 Å². The van der Waals surface area contributed by atoms with Crippen LogP contribution < -0.4 is 9.64 Å². The van der Waals surface area contributed by atoms with E-state index in [9.17, 15) is 4.79 Å². The van der Waals surface area contributed by atoms with Crippen LogP contribution in [0.1, 0.15) is 5.56 Å². The van der Waals surface area contributed by atoms with E-state index in [1.54, 1.807) is 36.8 Å². The van der Waals surface area contributed by atoms with Gasteiger partial charge in [0.1, 0.15) is 5.75 Å². The molecule has 0 radical (unpaired) electrons. The number of rotatable bonds is 3. The van der Waals surface area contributed by atoms with E-state index in [1.165, 1.54) is 4.90 Å². The van der Waals surface area contributed by atoms with Crippen LogP contribution in [0.2, 0.25) is 0 Å². The zero-order valence-electron chi connectivity index (χ0n) is 12.1. The van der Waals surface area contributed by atoms with E-state index in [1.807, 2.05) is 24.3 Å². The quantitative estimate of drug-likeness (QED) is 0.744. The third-order valence-electron chi connectivity index (χ3n) is 3.50. The number of hydrogen-bond donors (Lipinski definition) is 0. The maximum atomic E-state index is 12.3. The normalized spacial score (nSPS) is 13.0. The average Bonchev–Trinajstić information content (AvgIpc) is 2.92. The number of nitrogens with zero attached hydrogens (tertiary/aromatic N) is 4. The summed E-state index contributed by atoms with van der Waals surface area (Å²) in [6.07, 6.45) is 5.19. The minimum absolute atomic E-state index is 0.0512. The van der Waals surface area contributed by atoms with E-state index >= 15 is 0 Å². The second-order valence-corrected chi connectivity index (χ2v) is 5.02. The van der Waals surface area contributed by atoms with Gasteiger partial charge < -0.3 is 4.74 Å². The molecule has 0 saturated heterocycles. The molecule has 1 amide bonds. The average molecular weight is 304 g/mol. The van der Waals surface area contributed by atoms with Crippen LogP contribution in [0, 0.1) is 0 Å². The van der Waals surface area contributed by atoms with Crippen LogP contribution in [0.15, 0.2) is 61.1 Å². The lowest BCUT2D eigenvalue weighted by molar-refractivity contribution is -0.116. The summed E-state index contributed by atoms with van der Waals surface area (Å²) in [5.74, 6) is 1.19. The van der Waals surface area contributed by atoms with Gasteiger partial charge in [-0.3, -0.25) is 9.78 Å². The summed E-state index contributed by atoms with van der Waals surface area (Å²) in [6, 6.07) is 12.8. The van der Waals surface area contributed by atoms with Gasteiger partial charge in [0.25, 0.3) is 0 Å². The molecule has 3 aromatic rings. The van der Waals surface area contributed by atoms with Crippen molar-refractivity contribution < 1.29 is 9.53 Å². The van der Waals surface area contributed by atoms with Crippen molar-refractivity contribution in [3.8, 4) is 11.6 Å². The highest BCUT2D eigenvalue weighted by Gasteiger charge is 2.30. The van der Waals surface area contributed by atoms with Gasteiger partial charge in [0.15, 0.2) is 0 Å². The molecule has 4 rings (SSSR count). The van der Waals surface area contributed by atoms with Crippen molar-refractivity contribution in [2.75, 3.05) is 4.90 Å². The Balaban J connectivity index is 1.68. The molecule has 6 heteroatoms. The molecule has 0 spiro atoms. The summed E-state index contributed by atoms with van der Waals surface area (Å²) in [6.45, 7) is 0. The van der Waals surface area contributed by atoms with Gasteiger partial charge in [-0.05, 0) is 23.8 Å². The zero-order chi connectivity index (χ0) is 15.6. The summed E-state index contributed by atoms with van der Waals surface area (Å²) in [7, 11) is 0. The Morgan fingerprint density at radius 1 is 1.04 bits per heavy atom. The number of hydrogen-bond acceptors (Lipinski definition) is 5. The van der Waals surface area contributed by atoms with E-state index < -0.39 is 0 Å². The molecule has 23 heavy (non-hydrogen) atoms. The molecule has 1 aromatic carbocycles. The maximum absolute atomic E-state index is 12.3. The summed E-state index contributed by atoms with van der Waals surface area (Å²) in [5.41, 5.74) is 1.79. The maximum Gasteiger partial charge on any atom is 0.240 e. The summed E-state index contributed by atoms with van der Waals surface area (Å²) < 4.78 is 5.65. The lowest BCUT2D eigenvalue weighted by Gasteiger charge is -2.15. The highest BCUT2D eigenvalue weighted by molar-refractivity contribution is 6.05. The highest BCUT2D eigenvalue weighted by Crippen LogP contribution is 2.33. The molecule has 1 aliphatic rings. The molecule has 0 atom stereocenters. The summed E-state index contributed by atoms with van der Waals surface area (Å²) >= 11 is 0. The SMILES string of the molecule is O=C1Cc2ccccc2N1c1nccc(Oc2cccnc2)n1. The minimum atomic E-state index is -0.0512. The van der Waals surface area contributed by atoms with Crippen LogP contribution >= 0.6 is 0 Å². The van der Waals surface area contributed by atoms with Gasteiger partial charge in [0.05, 0.1) is 18.3 Å². The largest absolute Gasteiger partial charge is 0.437 e. The number of carbonyl (C=O) groups is 1. The van der Waals surface area contributed by atoms with E-state index in [0.717, 1.165) is 11.3 Å². The van der Waals surface area contributed by atoms with Gasteiger partial charge in [0, 0.05) is 18.5 Å². The van der Waals surface area contributed by atoms with Crippen LogP contribution in [0.4, 0.5) is 11.6 Å². The number of aromatic nitrogens is 3. The highest BCUT2D eigenvalue weighted by atomic mass is 16.5. The van der Waals surface area contributed by atoms with Gasteiger partial charge in [-0.2, -0.15) is 4.98 Å². The Hall–Kier alpha value is -3.28. The lowest BCUT2D eigenvalue weighted by atomic mass is 10.2. The molecule has 112 valence electrons. The van der Waals surface area contributed by atoms with E-state index in [2.05, 4.69) is 15.0 Å². The number of anilines is 2. The van der Waals surface area contributed by atoms with Gasteiger partial charge >= 0.3 is 0 Å². The van der Waals surface area contributed by atoms with Gasteiger partial charge in [-0.1, -0.05) is 18.2 Å². The van der Waals surface area contributed by atoms with Gasteiger partial charge in [0.2, 0.25) is 17.7 Å². The Morgan fingerprint density at radius 3 is 2.83 bits per heavy atom. The topological polar surface area (TPSA) is 68.2 Å². The van der Waals surface area contributed by atoms with Crippen LogP contribution in [0.5, 0.6) is 11.6 Å². The van der Waals surface area contributed by atoms with Crippen LogP contribution in [-0.4, -0.2) is 20.9 Å². The fourth-order valence-electron chi connectivity index (χ4n) is 2.50. The first kappa shape index (κ1) is 13.4. The van der Waals surface area contributed by atoms with Crippen LogP contribution in [0.3, 0.4) is 0 Å². The van der Waals surface area contributed by atoms with Crippen LogP contribution in [0.25, 0.3) is 0 Å². The Labute approximate surface area is 132 Å². The van der Waals surface area contributed by atoms with Crippen molar-refractivity contribution in [3.05, 3.63) is 66.6 Å². The van der Waals surface area contributed by atoms with Gasteiger partial charge in [-0.25, -0.2) is 9.88 Å². The number of amides is 1. The van der Waals surface area contributed by atoms with E-state index in [-0.39, 0.29) is 5.91 Å². The molecule has 6 nitrogen and oxygen atoms in total. The van der Waals surface area contributed by atoms with Crippen molar-refractivity contribution >= 4 is 17.5 Å². The van der Waals surface area contributed by atoms with Crippen molar-refractivity contribution in [2.45, 2.75) is 6.42 Å². The summed E-state index contributed by atoms with van der Waals surface area (Å²) in [4.78, 5) is 26.4. The molecule has 0 unspecified atom stereocenters. The number of pyridine rings is 1. The molecule has 0 bridgehead atoms. The Bertz CT molecular complexity index is 867. The third-order valence-corrected chi connectivity index (χ3v) is 3.50. The molecule has 0 fully saturated rings. The van der Waals surface area contributed by atoms with Crippen LogP contribution in [-0.2, 0) is 11.2 Å². The van der Waals surface area contributed by atoms with Gasteiger partial charge in [-0.15, -0.1) is 0 Å². The molecule has 0 N–H and O–H groups in total. The minimum Gasteiger partial charge on any atom is -0.437 e. The first-order chi connectivity index (χ1) is 11.3. The number of para-hydroxylation sites is 1. The van der Waals surface area contributed by atoms with E-state index in [4.69, 9.17) is 4.74 Å². The predicted octanol–water partition coefficient (Wildman–Crippen LogP) is 2.88. The fraction of sp³-hybridized carbons (Fsp3) is 0.0588. The predicted molar refractivity (Wildman–Crippen MR) is 83.6 cm³/mol. The molecule has 0 saturated carbocycles. The monoisotopic (exact) mass is 304 g/mol. The lowest BCUT2D eigenvalue weighted by Crippen LogP contribution is -2.23. The zero-order valence-corrected chi connectivity index (χ0v) is 12.1. The first-order valence-electron chi connectivity index (χ1n) is 7.13. The second-order valence-electron chi connectivity index (χ2n) is 5.02. The molecule has 2 aromatic heterocycles. The Morgan fingerprint density at radius 2 is 1.96 bits per heavy atom. The fourth-order valence-corrected chi connectivity index (χ4v) is 2.50. The number of fused-ring (bicyclic) bond motifs is 1. The molecular formula is C17H12N4O2. The Kier molecular flexibility index (Phi) is 3.20. The molecule has 0 aliphatic carbocycles. The third kappa shape index (κ3) is 2.50. The summed E-state index contributed by atoms with van der Waals surface area (Å²) in [5, 5.41) is 0.